The molecule has 1 heterocycles. The van der Waals surface area contributed by atoms with Crippen LogP contribution in [0.5, 0.6) is 0 Å². The van der Waals surface area contributed by atoms with Crippen LogP contribution in [0.2, 0.25) is 0 Å². The molecule has 1 aromatic heterocycles. The normalized spacial score (nSPS) is 11.4. The topological polar surface area (TPSA) is 88.0 Å². The summed E-state index contributed by atoms with van der Waals surface area (Å²) >= 11 is 5.50. The summed E-state index contributed by atoms with van der Waals surface area (Å²) in [7, 11) is 0. The zero-order valence-corrected chi connectivity index (χ0v) is 8.41. The van der Waals surface area contributed by atoms with E-state index in [0.717, 1.165) is 0 Å². The molecule has 0 aliphatic carbocycles. The molecular formula is C8H10ClN5. The lowest BCUT2D eigenvalue weighted by Crippen LogP contribution is -2.05. The Hall–Kier alpha value is -1.49. The molecule has 0 spiro atoms. The Morgan fingerprint density at radius 2 is 2.43 bits per heavy atom. The van der Waals surface area contributed by atoms with Crippen molar-refractivity contribution < 1.29 is 0 Å². The van der Waals surface area contributed by atoms with Crippen molar-refractivity contribution in [1.29, 1.82) is 5.41 Å². The van der Waals surface area contributed by atoms with E-state index in [2.05, 4.69) is 15.0 Å². The quantitative estimate of drug-likeness (QED) is 0.747. The van der Waals surface area contributed by atoms with Crippen LogP contribution in [0.4, 0.5) is 11.8 Å². The summed E-state index contributed by atoms with van der Waals surface area (Å²) in [5, 5.41) is 7.10. The maximum Gasteiger partial charge on any atom is 0.251 e. The van der Waals surface area contributed by atoms with Crippen molar-refractivity contribution >= 4 is 34.2 Å². The van der Waals surface area contributed by atoms with Gasteiger partial charge in [-0.2, -0.15) is 4.98 Å². The van der Waals surface area contributed by atoms with E-state index in [4.69, 9.17) is 22.7 Å². The average molecular weight is 212 g/mol. The lowest BCUT2D eigenvalue weighted by Gasteiger charge is -1.98. The zero-order valence-electron chi connectivity index (χ0n) is 7.66. The van der Waals surface area contributed by atoms with Crippen LogP contribution in [-0.4, -0.2) is 20.9 Å². The number of aromatic nitrogens is 2. The van der Waals surface area contributed by atoms with Crippen molar-refractivity contribution in [2.45, 2.75) is 13.3 Å². The average Bonchev–Trinajstić information content (AvgIpc) is 2.14. The van der Waals surface area contributed by atoms with Crippen LogP contribution < -0.4 is 5.73 Å². The molecule has 0 unspecified atom stereocenters. The van der Waals surface area contributed by atoms with E-state index in [0.29, 0.717) is 18.0 Å². The first-order valence-electron chi connectivity index (χ1n) is 4.04. The lowest BCUT2D eigenvalue weighted by atomic mass is 10.3. The molecule has 0 saturated carbocycles. The molecule has 1 aromatic rings. The van der Waals surface area contributed by atoms with Crippen LogP contribution in [-0.2, 0) is 0 Å². The Morgan fingerprint density at radius 1 is 1.71 bits per heavy atom. The van der Waals surface area contributed by atoms with E-state index >= 15 is 0 Å². The van der Waals surface area contributed by atoms with Gasteiger partial charge in [0.1, 0.15) is 11.0 Å². The Kier molecular flexibility index (Phi) is 3.53. The molecule has 0 aliphatic rings. The minimum atomic E-state index is -0.0986. The van der Waals surface area contributed by atoms with E-state index in [1.54, 1.807) is 6.07 Å². The van der Waals surface area contributed by atoms with E-state index in [1.165, 1.54) is 6.20 Å². The first kappa shape index (κ1) is 10.6. The van der Waals surface area contributed by atoms with Gasteiger partial charge in [0.2, 0.25) is 0 Å². The van der Waals surface area contributed by atoms with Gasteiger partial charge in [-0.1, -0.05) is 18.5 Å². The molecule has 0 radical (unpaired) electrons. The predicted molar refractivity (Wildman–Crippen MR) is 57.4 cm³/mol. The lowest BCUT2D eigenvalue weighted by molar-refractivity contribution is 1.13. The molecule has 1 rings (SSSR count). The van der Waals surface area contributed by atoms with E-state index < -0.39 is 0 Å². The maximum absolute atomic E-state index is 7.20. The van der Waals surface area contributed by atoms with Gasteiger partial charge in [0.05, 0.1) is 5.71 Å². The minimum absolute atomic E-state index is 0.0986. The monoisotopic (exact) mass is 211 g/mol. The minimum Gasteiger partial charge on any atom is -0.384 e. The van der Waals surface area contributed by atoms with Gasteiger partial charge in [0.15, 0.2) is 0 Å². The SMILES string of the molecule is CCC(=Nc1nccc(N)n1)C(=N)Cl. The molecule has 0 amide bonds. The standard InChI is InChI=1S/C8H10ClN5/c1-2-5(7(9)11)13-8-12-4-3-6(10)14-8/h3-4,11H,2H2,1H3,(H2,10,12,14). The fourth-order valence-electron chi connectivity index (χ4n) is 0.820. The molecule has 3 N–H and O–H groups in total. The molecule has 0 saturated heterocycles. The summed E-state index contributed by atoms with van der Waals surface area (Å²) in [6, 6.07) is 1.57. The van der Waals surface area contributed by atoms with Crippen LogP contribution in [0.1, 0.15) is 13.3 Å². The molecule has 0 aliphatic heterocycles. The second kappa shape index (κ2) is 4.66. The van der Waals surface area contributed by atoms with E-state index in [9.17, 15) is 0 Å². The van der Waals surface area contributed by atoms with Gasteiger partial charge in [0.25, 0.3) is 5.95 Å². The first-order chi connectivity index (χ1) is 6.63. The highest BCUT2D eigenvalue weighted by molar-refractivity contribution is 6.83. The number of nitrogen functional groups attached to an aromatic ring is 1. The Bertz CT molecular complexity index is 374. The summed E-state index contributed by atoms with van der Waals surface area (Å²) < 4.78 is 0. The second-order valence-corrected chi connectivity index (χ2v) is 2.89. The molecule has 0 fully saturated rings. The summed E-state index contributed by atoms with van der Waals surface area (Å²) in [6.07, 6.45) is 2.06. The largest absolute Gasteiger partial charge is 0.384 e. The zero-order chi connectivity index (χ0) is 10.6. The molecule has 14 heavy (non-hydrogen) atoms. The second-order valence-electron chi connectivity index (χ2n) is 2.51. The smallest absolute Gasteiger partial charge is 0.251 e. The number of nitrogens with two attached hydrogens (primary N) is 1. The van der Waals surface area contributed by atoms with Gasteiger partial charge in [-0.05, 0) is 12.5 Å². The predicted octanol–water partition coefficient (Wildman–Crippen LogP) is 1.76. The van der Waals surface area contributed by atoms with E-state index in [1.807, 2.05) is 6.92 Å². The fraction of sp³-hybridized carbons (Fsp3) is 0.250. The van der Waals surface area contributed by atoms with Gasteiger partial charge < -0.3 is 5.73 Å². The number of rotatable bonds is 3. The Morgan fingerprint density at radius 3 is 2.93 bits per heavy atom. The van der Waals surface area contributed by atoms with Gasteiger partial charge in [-0.3, -0.25) is 5.41 Å². The molecule has 74 valence electrons. The Balaban J connectivity index is 3.00. The van der Waals surface area contributed by atoms with E-state index in [-0.39, 0.29) is 11.1 Å². The molecule has 6 heteroatoms. The fourth-order valence-corrected chi connectivity index (χ4v) is 0.996. The highest BCUT2D eigenvalue weighted by atomic mass is 35.5. The van der Waals surface area contributed by atoms with Crippen LogP contribution >= 0.6 is 11.6 Å². The number of nitrogens with zero attached hydrogens (tertiary/aromatic N) is 3. The van der Waals surface area contributed by atoms with Crippen molar-refractivity contribution in [2.24, 2.45) is 4.99 Å². The van der Waals surface area contributed by atoms with Crippen LogP contribution in [0.3, 0.4) is 0 Å². The Labute approximate surface area is 86.6 Å². The van der Waals surface area contributed by atoms with Crippen LogP contribution in [0.25, 0.3) is 0 Å². The molecule has 0 aromatic carbocycles. The third-order valence-electron chi connectivity index (χ3n) is 1.49. The number of halogens is 1. The van der Waals surface area contributed by atoms with Crippen molar-refractivity contribution in [3.63, 3.8) is 0 Å². The molecule has 0 bridgehead atoms. The number of anilines is 1. The van der Waals surface area contributed by atoms with Crippen LogP contribution in [0.15, 0.2) is 17.3 Å². The van der Waals surface area contributed by atoms with Crippen LogP contribution in [0, 0.1) is 5.41 Å². The van der Waals surface area contributed by atoms with Gasteiger partial charge in [0, 0.05) is 6.20 Å². The van der Waals surface area contributed by atoms with Crippen molar-refractivity contribution in [3.8, 4) is 0 Å². The third-order valence-corrected chi connectivity index (χ3v) is 1.71. The summed E-state index contributed by atoms with van der Waals surface area (Å²) in [5.41, 5.74) is 5.89. The highest BCUT2D eigenvalue weighted by Gasteiger charge is 2.02. The van der Waals surface area contributed by atoms with Crippen molar-refractivity contribution in [3.05, 3.63) is 12.3 Å². The number of nitrogens with one attached hydrogen (secondary N) is 1. The molecular weight excluding hydrogens is 202 g/mol. The molecule has 0 atom stereocenters. The number of aliphatic imine (C=N–C) groups is 1. The van der Waals surface area contributed by atoms with Gasteiger partial charge in [-0.15, -0.1) is 0 Å². The first-order valence-corrected chi connectivity index (χ1v) is 4.41. The van der Waals surface area contributed by atoms with Crippen molar-refractivity contribution in [2.75, 3.05) is 5.73 Å². The summed E-state index contributed by atoms with van der Waals surface area (Å²) in [4.78, 5) is 11.7. The number of hydrogen-bond acceptors (Lipinski definition) is 5. The van der Waals surface area contributed by atoms with Gasteiger partial charge >= 0.3 is 0 Å². The number of hydrogen-bond donors (Lipinski definition) is 2. The third kappa shape index (κ3) is 2.77. The van der Waals surface area contributed by atoms with Crippen molar-refractivity contribution in [1.82, 2.24) is 9.97 Å². The molecule has 5 nitrogen and oxygen atoms in total. The highest BCUT2D eigenvalue weighted by Crippen LogP contribution is 2.07. The maximum atomic E-state index is 7.20. The summed E-state index contributed by atoms with van der Waals surface area (Å²) in [6.45, 7) is 1.85. The van der Waals surface area contributed by atoms with Gasteiger partial charge in [-0.25, -0.2) is 9.98 Å². The summed E-state index contributed by atoms with van der Waals surface area (Å²) in [5.74, 6) is 0.572.